The summed E-state index contributed by atoms with van der Waals surface area (Å²) in [5.74, 6) is 0.503. The summed E-state index contributed by atoms with van der Waals surface area (Å²) in [7, 11) is 0. The van der Waals surface area contributed by atoms with E-state index in [0.29, 0.717) is 5.82 Å². The van der Waals surface area contributed by atoms with Gasteiger partial charge in [0.1, 0.15) is 11.5 Å². The average molecular weight is 294 g/mol. The summed E-state index contributed by atoms with van der Waals surface area (Å²) < 4.78 is 0. The van der Waals surface area contributed by atoms with Crippen molar-refractivity contribution in [3.05, 3.63) is 42.9 Å². The van der Waals surface area contributed by atoms with Gasteiger partial charge in [0.05, 0.1) is 0 Å². The van der Waals surface area contributed by atoms with Crippen LogP contribution in [0, 0.1) is 5.41 Å². The second-order valence-corrected chi connectivity index (χ2v) is 6.20. The quantitative estimate of drug-likeness (QED) is 0.758. The summed E-state index contributed by atoms with van der Waals surface area (Å²) >= 11 is 0. The lowest BCUT2D eigenvalue weighted by atomic mass is 9.95. The molecule has 0 bridgehead atoms. The van der Waals surface area contributed by atoms with Crippen LogP contribution >= 0.6 is 0 Å². The zero-order valence-electron chi connectivity index (χ0n) is 12.8. The molecule has 0 unspecified atom stereocenters. The third kappa shape index (κ3) is 2.57. The lowest BCUT2D eigenvalue weighted by molar-refractivity contribution is -0.123. The molecule has 3 rings (SSSR count). The molecule has 22 heavy (non-hydrogen) atoms. The van der Waals surface area contributed by atoms with Gasteiger partial charge in [0.2, 0.25) is 5.91 Å². The van der Waals surface area contributed by atoms with Crippen LogP contribution in [0.3, 0.4) is 0 Å². The Kier molecular flexibility index (Phi) is 3.41. The molecule has 0 spiro atoms. The van der Waals surface area contributed by atoms with Crippen LogP contribution in [-0.2, 0) is 4.79 Å². The third-order valence-corrected chi connectivity index (χ3v) is 3.47. The molecule has 0 aromatic carbocycles. The molecule has 0 fully saturated rings. The van der Waals surface area contributed by atoms with Crippen LogP contribution in [0.2, 0.25) is 0 Å². The summed E-state index contributed by atoms with van der Waals surface area (Å²) in [6.45, 7) is 5.63. The van der Waals surface area contributed by atoms with Crippen molar-refractivity contribution in [3.8, 4) is 11.1 Å². The van der Waals surface area contributed by atoms with Crippen molar-refractivity contribution in [1.82, 2.24) is 15.0 Å². The fourth-order valence-corrected chi connectivity index (χ4v) is 2.21. The van der Waals surface area contributed by atoms with Crippen LogP contribution in [0.5, 0.6) is 0 Å². The van der Waals surface area contributed by atoms with Crippen molar-refractivity contribution in [2.75, 3.05) is 5.32 Å². The molecule has 0 aliphatic heterocycles. The smallest absolute Gasteiger partial charge is 0.230 e. The van der Waals surface area contributed by atoms with E-state index in [1.807, 2.05) is 51.2 Å². The molecular formula is C17H18N4O. The Morgan fingerprint density at radius 2 is 1.91 bits per heavy atom. The molecule has 1 amide bonds. The van der Waals surface area contributed by atoms with Crippen molar-refractivity contribution in [2.24, 2.45) is 5.41 Å². The van der Waals surface area contributed by atoms with Gasteiger partial charge in [0.15, 0.2) is 0 Å². The topological polar surface area (TPSA) is 70.7 Å². The van der Waals surface area contributed by atoms with E-state index in [1.54, 1.807) is 12.4 Å². The van der Waals surface area contributed by atoms with Gasteiger partial charge in [-0.2, -0.15) is 0 Å². The van der Waals surface area contributed by atoms with Gasteiger partial charge >= 0.3 is 0 Å². The van der Waals surface area contributed by atoms with Crippen molar-refractivity contribution in [2.45, 2.75) is 20.8 Å². The fourth-order valence-electron chi connectivity index (χ4n) is 2.21. The van der Waals surface area contributed by atoms with Crippen LogP contribution in [-0.4, -0.2) is 20.9 Å². The Bertz CT molecular complexity index is 830. The van der Waals surface area contributed by atoms with Crippen molar-refractivity contribution in [1.29, 1.82) is 0 Å². The largest absolute Gasteiger partial charge is 0.346 e. The maximum Gasteiger partial charge on any atom is 0.230 e. The maximum atomic E-state index is 12.3. The van der Waals surface area contributed by atoms with Crippen molar-refractivity contribution < 1.29 is 4.79 Å². The minimum atomic E-state index is -0.476. The molecule has 5 heteroatoms. The molecule has 0 saturated heterocycles. The molecule has 0 aliphatic carbocycles. The van der Waals surface area contributed by atoms with Crippen LogP contribution < -0.4 is 5.32 Å². The molecule has 0 saturated carbocycles. The monoisotopic (exact) mass is 294 g/mol. The first kappa shape index (κ1) is 14.3. The van der Waals surface area contributed by atoms with Crippen LogP contribution in [0.4, 0.5) is 5.82 Å². The number of pyridine rings is 2. The number of fused-ring (bicyclic) bond motifs is 1. The first-order chi connectivity index (χ1) is 10.5. The zero-order chi connectivity index (χ0) is 15.7. The third-order valence-electron chi connectivity index (χ3n) is 3.47. The Morgan fingerprint density at radius 3 is 2.68 bits per heavy atom. The molecule has 3 aromatic heterocycles. The predicted octanol–water partition coefficient (Wildman–Crippen LogP) is 3.61. The molecule has 0 atom stereocenters. The zero-order valence-corrected chi connectivity index (χ0v) is 12.8. The summed E-state index contributed by atoms with van der Waals surface area (Å²) in [5, 5.41) is 3.93. The standard InChI is InChI=1S/C17H18N4O/c1-17(2,3)16(22)21-15-12(5-4-8-18-15)11-6-9-19-14-13(11)7-10-20-14/h4-10H,1-3H3,(H,19,20)(H,18,21,22). The van der Waals surface area contributed by atoms with E-state index >= 15 is 0 Å². The normalized spacial score (nSPS) is 11.6. The first-order valence-electron chi connectivity index (χ1n) is 7.16. The molecule has 2 N–H and O–H groups in total. The van der Waals surface area contributed by atoms with Gasteiger partial charge in [0, 0.05) is 35.0 Å². The average Bonchev–Trinajstić information content (AvgIpc) is 2.95. The number of rotatable bonds is 2. The van der Waals surface area contributed by atoms with Crippen LogP contribution in [0.1, 0.15) is 20.8 Å². The first-order valence-corrected chi connectivity index (χ1v) is 7.16. The lowest BCUT2D eigenvalue weighted by Gasteiger charge is -2.18. The Labute approximate surface area is 128 Å². The number of carbonyl (C=O) groups is 1. The second-order valence-electron chi connectivity index (χ2n) is 6.20. The molecule has 0 radical (unpaired) electrons. The molecule has 0 aliphatic rings. The molecular weight excluding hydrogens is 276 g/mol. The van der Waals surface area contributed by atoms with Crippen molar-refractivity contribution >= 4 is 22.8 Å². The number of aromatic amines is 1. The Morgan fingerprint density at radius 1 is 1.09 bits per heavy atom. The maximum absolute atomic E-state index is 12.3. The van der Waals surface area contributed by atoms with Gasteiger partial charge in [0.25, 0.3) is 0 Å². The highest BCUT2D eigenvalue weighted by molar-refractivity contribution is 6.01. The van der Waals surface area contributed by atoms with Crippen LogP contribution in [0.25, 0.3) is 22.2 Å². The highest BCUT2D eigenvalue weighted by Crippen LogP contribution is 2.32. The Balaban J connectivity index is 2.09. The molecule has 3 aromatic rings. The van der Waals surface area contributed by atoms with E-state index in [0.717, 1.165) is 22.2 Å². The summed E-state index contributed by atoms with van der Waals surface area (Å²) in [6, 6.07) is 7.72. The van der Waals surface area contributed by atoms with E-state index in [2.05, 4.69) is 20.3 Å². The minimum Gasteiger partial charge on any atom is -0.346 e. The number of carbonyl (C=O) groups excluding carboxylic acids is 1. The van der Waals surface area contributed by atoms with Crippen LogP contribution in [0.15, 0.2) is 42.9 Å². The number of amides is 1. The summed E-state index contributed by atoms with van der Waals surface area (Å²) in [6.07, 6.45) is 5.28. The van der Waals surface area contributed by atoms with Gasteiger partial charge in [-0.05, 0) is 29.8 Å². The predicted molar refractivity (Wildman–Crippen MR) is 87.4 cm³/mol. The molecule has 112 valence electrons. The summed E-state index contributed by atoms with van der Waals surface area (Å²) in [4.78, 5) is 24.0. The highest BCUT2D eigenvalue weighted by Gasteiger charge is 2.23. The number of aromatic nitrogens is 3. The van der Waals surface area contributed by atoms with E-state index in [9.17, 15) is 4.79 Å². The lowest BCUT2D eigenvalue weighted by Crippen LogP contribution is -2.28. The number of nitrogens with one attached hydrogen (secondary N) is 2. The van der Waals surface area contributed by atoms with Gasteiger partial charge < -0.3 is 10.3 Å². The van der Waals surface area contributed by atoms with E-state index in [-0.39, 0.29) is 5.91 Å². The minimum absolute atomic E-state index is 0.0631. The van der Waals surface area contributed by atoms with Gasteiger partial charge in [-0.3, -0.25) is 4.79 Å². The van der Waals surface area contributed by atoms with Gasteiger partial charge in [-0.15, -0.1) is 0 Å². The number of hydrogen-bond acceptors (Lipinski definition) is 3. The number of nitrogens with zero attached hydrogens (tertiary/aromatic N) is 2. The van der Waals surface area contributed by atoms with Gasteiger partial charge in [-0.25, -0.2) is 9.97 Å². The van der Waals surface area contributed by atoms with Gasteiger partial charge in [-0.1, -0.05) is 20.8 Å². The fraction of sp³-hybridized carbons (Fsp3) is 0.235. The summed E-state index contributed by atoms with van der Waals surface area (Å²) in [5.41, 5.74) is 2.21. The SMILES string of the molecule is CC(C)(C)C(=O)Nc1ncccc1-c1ccnc2[nH]ccc12. The Hall–Kier alpha value is -2.69. The molecule has 3 heterocycles. The van der Waals surface area contributed by atoms with E-state index in [4.69, 9.17) is 0 Å². The van der Waals surface area contributed by atoms with E-state index in [1.165, 1.54) is 0 Å². The number of H-pyrrole nitrogens is 1. The van der Waals surface area contributed by atoms with E-state index < -0.39 is 5.41 Å². The highest BCUT2D eigenvalue weighted by atomic mass is 16.2. The number of anilines is 1. The number of hydrogen-bond donors (Lipinski definition) is 2. The van der Waals surface area contributed by atoms with Crippen molar-refractivity contribution in [3.63, 3.8) is 0 Å². The second kappa shape index (κ2) is 5.26. The molecule has 5 nitrogen and oxygen atoms in total.